The summed E-state index contributed by atoms with van der Waals surface area (Å²) in [5.74, 6) is -1.52. The van der Waals surface area contributed by atoms with Crippen LogP contribution < -0.4 is 0 Å². The maximum atomic E-state index is 13.2. The van der Waals surface area contributed by atoms with Gasteiger partial charge in [-0.1, -0.05) is 35.9 Å². The summed E-state index contributed by atoms with van der Waals surface area (Å²) in [5, 5.41) is 11.4. The third kappa shape index (κ3) is 3.58. The van der Waals surface area contributed by atoms with Gasteiger partial charge in [0.25, 0.3) is 11.7 Å². The zero-order valence-corrected chi connectivity index (χ0v) is 19.1. The number of hydrogen-bond acceptors (Lipinski definition) is 5. The second-order valence-electron chi connectivity index (χ2n) is 8.64. The second-order valence-corrected chi connectivity index (χ2v) is 8.64. The average Bonchev–Trinajstić information content (AvgIpc) is 3.22. The predicted molar refractivity (Wildman–Crippen MR) is 123 cm³/mol. The van der Waals surface area contributed by atoms with E-state index in [1.807, 2.05) is 86.8 Å². The molecule has 7 nitrogen and oxygen atoms in total. The van der Waals surface area contributed by atoms with E-state index in [-0.39, 0.29) is 11.3 Å². The van der Waals surface area contributed by atoms with Crippen LogP contribution >= 0.6 is 0 Å². The first kappa shape index (κ1) is 21.8. The first-order chi connectivity index (χ1) is 15.2. The lowest BCUT2D eigenvalue weighted by molar-refractivity contribution is -0.140. The van der Waals surface area contributed by atoms with Crippen molar-refractivity contribution >= 4 is 23.1 Å². The number of aliphatic hydroxyl groups is 1. The van der Waals surface area contributed by atoms with E-state index in [0.29, 0.717) is 30.1 Å². The molecule has 7 heteroatoms. The SMILES string of the molecule is Cc1ccc(C2C(=C(O)c3nc4c(C)cccn4c3C)C(=O)C(=O)N2CCN(C)C)cc1. The first-order valence-corrected chi connectivity index (χ1v) is 10.6. The van der Waals surface area contributed by atoms with Crippen molar-refractivity contribution in [2.24, 2.45) is 0 Å². The fraction of sp³-hybridized carbons (Fsp3) is 0.320. The molecular weight excluding hydrogens is 404 g/mol. The highest BCUT2D eigenvalue weighted by molar-refractivity contribution is 6.46. The Hall–Kier alpha value is -3.45. The van der Waals surface area contributed by atoms with Gasteiger partial charge in [-0.15, -0.1) is 0 Å². The normalized spacial score (nSPS) is 18.3. The number of imidazole rings is 1. The summed E-state index contributed by atoms with van der Waals surface area (Å²) in [6, 6.07) is 10.9. The predicted octanol–water partition coefficient (Wildman–Crippen LogP) is 3.24. The van der Waals surface area contributed by atoms with Gasteiger partial charge in [-0.25, -0.2) is 4.98 Å². The summed E-state index contributed by atoms with van der Waals surface area (Å²) in [5.41, 5.74) is 4.64. The van der Waals surface area contributed by atoms with Gasteiger partial charge in [-0.3, -0.25) is 9.59 Å². The van der Waals surface area contributed by atoms with Gasteiger partial charge in [0.2, 0.25) is 0 Å². The molecule has 1 aromatic carbocycles. The molecule has 0 bridgehead atoms. The van der Waals surface area contributed by atoms with E-state index < -0.39 is 17.7 Å². The Bertz CT molecular complexity index is 1240. The monoisotopic (exact) mass is 432 g/mol. The summed E-state index contributed by atoms with van der Waals surface area (Å²) in [4.78, 5) is 34.3. The molecular formula is C25H28N4O3. The van der Waals surface area contributed by atoms with Gasteiger partial charge in [-0.05, 0) is 52.1 Å². The third-order valence-corrected chi connectivity index (χ3v) is 6.03. The molecule has 1 saturated heterocycles. The number of hydrogen-bond donors (Lipinski definition) is 1. The van der Waals surface area contributed by atoms with Crippen molar-refractivity contribution in [3.63, 3.8) is 0 Å². The number of likely N-dealkylation sites (N-methyl/N-ethyl adjacent to an activating group) is 1. The van der Waals surface area contributed by atoms with Crippen molar-refractivity contribution in [3.8, 4) is 0 Å². The lowest BCUT2D eigenvalue weighted by atomic mass is 9.95. The highest BCUT2D eigenvalue weighted by Crippen LogP contribution is 2.39. The summed E-state index contributed by atoms with van der Waals surface area (Å²) in [7, 11) is 3.83. The number of carbonyl (C=O) groups excluding carboxylic acids is 2. The molecule has 1 unspecified atom stereocenters. The third-order valence-electron chi connectivity index (χ3n) is 6.03. The Morgan fingerprint density at radius 2 is 1.78 bits per heavy atom. The van der Waals surface area contributed by atoms with Crippen LogP contribution in [0.15, 0.2) is 48.2 Å². The van der Waals surface area contributed by atoms with Crippen LogP contribution in [0.25, 0.3) is 11.4 Å². The Morgan fingerprint density at radius 1 is 1.09 bits per heavy atom. The number of pyridine rings is 1. The van der Waals surface area contributed by atoms with Crippen molar-refractivity contribution in [2.45, 2.75) is 26.8 Å². The van der Waals surface area contributed by atoms with Crippen molar-refractivity contribution in [1.29, 1.82) is 0 Å². The number of rotatable bonds is 5. The number of aryl methyl sites for hydroxylation is 3. The van der Waals surface area contributed by atoms with Crippen molar-refractivity contribution in [3.05, 3.63) is 76.2 Å². The molecule has 3 heterocycles. The fourth-order valence-corrected chi connectivity index (χ4v) is 4.19. The number of amides is 1. The topological polar surface area (TPSA) is 78.1 Å². The Kier molecular flexibility index (Phi) is 5.60. The van der Waals surface area contributed by atoms with E-state index in [2.05, 4.69) is 4.98 Å². The van der Waals surface area contributed by atoms with E-state index in [4.69, 9.17) is 0 Å². The smallest absolute Gasteiger partial charge is 0.295 e. The van der Waals surface area contributed by atoms with E-state index in [0.717, 1.165) is 16.7 Å². The number of ketones is 1. The van der Waals surface area contributed by atoms with Crippen LogP contribution in [0.2, 0.25) is 0 Å². The van der Waals surface area contributed by atoms with Crippen LogP contribution in [-0.4, -0.2) is 63.2 Å². The lowest BCUT2D eigenvalue weighted by Gasteiger charge is -2.26. The van der Waals surface area contributed by atoms with Gasteiger partial charge < -0.3 is 19.3 Å². The number of benzene rings is 1. The summed E-state index contributed by atoms with van der Waals surface area (Å²) in [6.07, 6.45) is 1.87. The molecule has 32 heavy (non-hydrogen) atoms. The Labute approximate surface area is 187 Å². The van der Waals surface area contributed by atoms with Gasteiger partial charge in [0.05, 0.1) is 17.3 Å². The maximum absolute atomic E-state index is 13.2. The minimum absolute atomic E-state index is 0.0850. The second kappa shape index (κ2) is 8.24. The molecule has 0 saturated carbocycles. The quantitative estimate of drug-likeness (QED) is 0.380. The molecule has 1 fully saturated rings. The summed E-state index contributed by atoms with van der Waals surface area (Å²) >= 11 is 0. The molecule has 2 aromatic heterocycles. The molecule has 1 amide bonds. The van der Waals surface area contributed by atoms with Gasteiger partial charge in [0.15, 0.2) is 5.76 Å². The van der Waals surface area contributed by atoms with Crippen LogP contribution in [0.4, 0.5) is 0 Å². The summed E-state index contributed by atoms with van der Waals surface area (Å²) in [6.45, 7) is 6.74. The first-order valence-electron chi connectivity index (χ1n) is 10.6. The molecule has 1 aliphatic heterocycles. The van der Waals surface area contributed by atoms with Gasteiger partial charge >= 0.3 is 0 Å². The number of aromatic nitrogens is 2. The van der Waals surface area contributed by atoms with Crippen LogP contribution in [0, 0.1) is 20.8 Å². The van der Waals surface area contributed by atoms with E-state index in [1.54, 1.807) is 4.90 Å². The number of aliphatic hydroxyl groups excluding tert-OH is 1. The number of fused-ring (bicyclic) bond motifs is 1. The molecule has 0 radical (unpaired) electrons. The molecule has 1 aliphatic rings. The van der Waals surface area contributed by atoms with E-state index in [9.17, 15) is 14.7 Å². The lowest BCUT2D eigenvalue weighted by Crippen LogP contribution is -2.35. The molecule has 1 atom stereocenters. The van der Waals surface area contributed by atoms with Crippen molar-refractivity contribution < 1.29 is 14.7 Å². The average molecular weight is 433 g/mol. The number of Topliss-reactive ketones (excluding diaryl/α,β-unsaturated/α-hetero) is 1. The number of likely N-dealkylation sites (tertiary alicyclic amines) is 1. The van der Waals surface area contributed by atoms with Crippen molar-refractivity contribution in [2.75, 3.05) is 27.2 Å². The van der Waals surface area contributed by atoms with Gasteiger partial charge in [-0.2, -0.15) is 0 Å². The fourth-order valence-electron chi connectivity index (χ4n) is 4.19. The molecule has 0 spiro atoms. The van der Waals surface area contributed by atoms with E-state index in [1.165, 1.54) is 0 Å². The largest absolute Gasteiger partial charge is 0.505 e. The maximum Gasteiger partial charge on any atom is 0.295 e. The van der Waals surface area contributed by atoms with Crippen LogP contribution in [-0.2, 0) is 9.59 Å². The van der Waals surface area contributed by atoms with Crippen LogP contribution in [0.5, 0.6) is 0 Å². The molecule has 166 valence electrons. The highest BCUT2D eigenvalue weighted by Gasteiger charge is 2.46. The molecule has 1 N–H and O–H groups in total. The van der Waals surface area contributed by atoms with Gasteiger partial charge in [0.1, 0.15) is 11.3 Å². The van der Waals surface area contributed by atoms with Crippen LogP contribution in [0.1, 0.15) is 34.1 Å². The zero-order chi connectivity index (χ0) is 23.2. The Morgan fingerprint density at radius 3 is 2.41 bits per heavy atom. The zero-order valence-electron chi connectivity index (χ0n) is 19.1. The minimum Gasteiger partial charge on any atom is -0.505 e. The van der Waals surface area contributed by atoms with Crippen molar-refractivity contribution in [1.82, 2.24) is 19.2 Å². The van der Waals surface area contributed by atoms with Gasteiger partial charge in [0, 0.05) is 19.3 Å². The molecule has 0 aliphatic carbocycles. The minimum atomic E-state index is -0.681. The number of nitrogens with zero attached hydrogens (tertiary/aromatic N) is 4. The van der Waals surface area contributed by atoms with E-state index >= 15 is 0 Å². The highest BCUT2D eigenvalue weighted by atomic mass is 16.3. The Balaban J connectivity index is 1.91. The molecule has 4 rings (SSSR count). The molecule has 3 aromatic rings. The standard InChI is InChI=1S/C25H28N4O3/c1-15-8-10-18(11-9-15)21-19(23(31)25(32)29(21)14-13-27(4)5)22(30)20-17(3)28-12-6-7-16(2)24(28)26-20/h6-12,21,30H,13-14H2,1-5H3. The summed E-state index contributed by atoms with van der Waals surface area (Å²) < 4.78 is 1.88. The van der Waals surface area contributed by atoms with Crippen LogP contribution in [0.3, 0.4) is 0 Å². The number of carbonyl (C=O) groups is 2.